The molecule has 1 aliphatic carbocycles. The van der Waals surface area contributed by atoms with Gasteiger partial charge < -0.3 is 10.0 Å². The van der Waals surface area contributed by atoms with E-state index in [9.17, 15) is 0 Å². The minimum atomic E-state index is 0.980. The second kappa shape index (κ2) is 3.35. The van der Waals surface area contributed by atoms with E-state index < -0.39 is 0 Å². The lowest BCUT2D eigenvalue weighted by Gasteiger charge is -2.50. The molecule has 60 valence electrons. The highest BCUT2D eigenvalue weighted by Crippen LogP contribution is 2.35. The Balaban J connectivity index is 0.000000231. The molecule has 3 fully saturated rings. The van der Waals surface area contributed by atoms with E-state index in [2.05, 4.69) is 11.9 Å². The van der Waals surface area contributed by atoms with Gasteiger partial charge in [0.15, 0.2) is 0 Å². The summed E-state index contributed by atoms with van der Waals surface area (Å²) >= 11 is 0. The highest BCUT2D eigenvalue weighted by molar-refractivity contribution is 4.94. The summed E-state index contributed by atoms with van der Waals surface area (Å²) in [6, 6.07) is 1.96. The number of hydrogen-bond donors (Lipinski definition) is 1. The van der Waals surface area contributed by atoms with Gasteiger partial charge in [0, 0.05) is 19.2 Å². The Morgan fingerprint density at radius 1 is 1.20 bits per heavy atom. The molecule has 2 atom stereocenters. The van der Waals surface area contributed by atoms with Crippen molar-refractivity contribution in [3.63, 3.8) is 0 Å². The first-order valence-corrected chi connectivity index (χ1v) is 4.04. The number of nitrogens with zero attached hydrogens (tertiary/aromatic N) is 1. The van der Waals surface area contributed by atoms with E-state index in [1.54, 1.807) is 0 Å². The van der Waals surface area contributed by atoms with Gasteiger partial charge in [-0.25, -0.2) is 0 Å². The van der Waals surface area contributed by atoms with Crippen LogP contribution in [0.2, 0.25) is 0 Å². The summed E-state index contributed by atoms with van der Waals surface area (Å²) in [7, 11) is 3.26. The van der Waals surface area contributed by atoms with Crippen molar-refractivity contribution in [2.24, 2.45) is 0 Å². The second-order valence-corrected chi connectivity index (χ2v) is 3.14. The molecule has 1 saturated carbocycles. The van der Waals surface area contributed by atoms with Gasteiger partial charge in [0.2, 0.25) is 0 Å². The Kier molecular flexibility index (Phi) is 2.69. The first-order chi connectivity index (χ1) is 4.88. The molecule has 2 heteroatoms. The highest BCUT2D eigenvalue weighted by atomic mass is 16.2. The number of aliphatic hydroxyl groups excluding tert-OH is 1. The molecule has 2 aliphatic heterocycles. The van der Waals surface area contributed by atoms with Gasteiger partial charge in [0.25, 0.3) is 0 Å². The van der Waals surface area contributed by atoms with Gasteiger partial charge in [0.05, 0.1) is 0 Å². The molecule has 1 N–H and O–H groups in total. The molecule has 0 aromatic carbocycles. The van der Waals surface area contributed by atoms with Crippen molar-refractivity contribution >= 4 is 0 Å². The van der Waals surface area contributed by atoms with Crippen molar-refractivity contribution in [2.75, 3.05) is 14.2 Å². The lowest BCUT2D eigenvalue weighted by molar-refractivity contribution is -0.00221. The zero-order chi connectivity index (χ0) is 7.56. The second-order valence-electron chi connectivity index (χ2n) is 3.14. The van der Waals surface area contributed by atoms with E-state index in [1.807, 2.05) is 0 Å². The van der Waals surface area contributed by atoms with Crippen LogP contribution in [0.5, 0.6) is 0 Å². The normalized spacial score (nSPS) is 37.5. The fraction of sp³-hybridized carbons (Fsp3) is 1.00. The summed E-state index contributed by atoms with van der Waals surface area (Å²) in [5.74, 6) is 0. The van der Waals surface area contributed by atoms with Gasteiger partial charge in [-0.1, -0.05) is 6.42 Å². The van der Waals surface area contributed by atoms with Gasteiger partial charge in [-0.3, -0.25) is 0 Å². The summed E-state index contributed by atoms with van der Waals surface area (Å²) in [5, 5.41) is 7.00. The Hall–Kier alpha value is -0.0800. The molecule has 0 radical (unpaired) electrons. The van der Waals surface area contributed by atoms with Crippen LogP contribution in [0.1, 0.15) is 25.7 Å². The maximum Gasteiger partial charge on any atom is 0.0319 e. The Labute approximate surface area is 62.8 Å². The monoisotopic (exact) mass is 143 g/mol. The topological polar surface area (TPSA) is 23.5 Å². The molecule has 3 aliphatic rings. The Morgan fingerprint density at radius 2 is 1.70 bits per heavy atom. The van der Waals surface area contributed by atoms with E-state index >= 15 is 0 Å². The molecule has 2 unspecified atom stereocenters. The molecule has 2 nitrogen and oxygen atoms in total. The predicted molar refractivity (Wildman–Crippen MR) is 41.9 cm³/mol. The molecule has 0 aromatic rings. The quantitative estimate of drug-likeness (QED) is 0.543. The Bertz CT molecular complexity index is 91.4. The minimum Gasteiger partial charge on any atom is -0.400 e. The first-order valence-electron chi connectivity index (χ1n) is 4.04. The highest BCUT2D eigenvalue weighted by Gasteiger charge is 2.37. The van der Waals surface area contributed by atoms with E-state index in [-0.39, 0.29) is 0 Å². The van der Waals surface area contributed by atoms with Crippen LogP contribution in [0.3, 0.4) is 0 Å². The first kappa shape index (κ1) is 8.02. The van der Waals surface area contributed by atoms with Gasteiger partial charge in [-0.05, 0) is 26.3 Å². The predicted octanol–water partition coefficient (Wildman–Crippen LogP) is 0.851. The average Bonchev–Trinajstić information content (AvgIpc) is 2.08. The summed E-state index contributed by atoms with van der Waals surface area (Å²) in [6.45, 7) is 0. The molecule has 0 spiro atoms. The number of piperidine rings is 1. The molecule has 0 amide bonds. The van der Waals surface area contributed by atoms with Gasteiger partial charge in [-0.2, -0.15) is 0 Å². The van der Waals surface area contributed by atoms with E-state index in [0.29, 0.717) is 0 Å². The van der Waals surface area contributed by atoms with Crippen LogP contribution in [0.25, 0.3) is 0 Å². The van der Waals surface area contributed by atoms with Crippen LogP contribution in [-0.2, 0) is 0 Å². The van der Waals surface area contributed by atoms with Crippen LogP contribution in [0.4, 0.5) is 0 Å². The summed E-state index contributed by atoms with van der Waals surface area (Å²) in [4.78, 5) is 2.53. The third kappa shape index (κ3) is 1.18. The largest absolute Gasteiger partial charge is 0.400 e. The van der Waals surface area contributed by atoms with Crippen molar-refractivity contribution in [1.82, 2.24) is 4.90 Å². The fourth-order valence-electron chi connectivity index (χ4n) is 2.04. The average molecular weight is 143 g/mol. The zero-order valence-corrected chi connectivity index (χ0v) is 6.88. The molecular weight excluding hydrogens is 126 g/mol. The van der Waals surface area contributed by atoms with Crippen LogP contribution in [0, 0.1) is 0 Å². The summed E-state index contributed by atoms with van der Waals surface area (Å²) in [5.41, 5.74) is 0. The summed E-state index contributed by atoms with van der Waals surface area (Å²) < 4.78 is 0. The van der Waals surface area contributed by atoms with Gasteiger partial charge >= 0.3 is 0 Å². The van der Waals surface area contributed by atoms with E-state index in [0.717, 1.165) is 19.2 Å². The number of rotatable bonds is 0. The van der Waals surface area contributed by atoms with Crippen molar-refractivity contribution in [1.29, 1.82) is 0 Å². The molecule has 10 heavy (non-hydrogen) atoms. The van der Waals surface area contributed by atoms with Crippen molar-refractivity contribution in [3.8, 4) is 0 Å². The summed E-state index contributed by atoms with van der Waals surface area (Å²) in [6.07, 6.45) is 5.91. The maximum absolute atomic E-state index is 7.00. The van der Waals surface area contributed by atoms with Crippen molar-refractivity contribution < 1.29 is 5.11 Å². The van der Waals surface area contributed by atoms with Crippen LogP contribution < -0.4 is 0 Å². The lowest BCUT2D eigenvalue weighted by Crippen LogP contribution is -2.56. The lowest BCUT2D eigenvalue weighted by atomic mass is 9.80. The maximum atomic E-state index is 7.00. The smallest absolute Gasteiger partial charge is 0.0319 e. The molecule has 2 saturated heterocycles. The third-order valence-electron chi connectivity index (χ3n) is 2.77. The van der Waals surface area contributed by atoms with Gasteiger partial charge in [-0.15, -0.1) is 0 Å². The molecule has 2 heterocycles. The number of aliphatic hydroxyl groups is 1. The zero-order valence-electron chi connectivity index (χ0n) is 6.88. The van der Waals surface area contributed by atoms with Crippen LogP contribution in [0.15, 0.2) is 0 Å². The van der Waals surface area contributed by atoms with Crippen molar-refractivity contribution in [2.45, 2.75) is 37.8 Å². The van der Waals surface area contributed by atoms with Crippen LogP contribution >= 0.6 is 0 Å². The molecular formula is C8H17NO. The minimum absolute atomic E-state index is 0.980. The molecule has 2 bridgehead atoms. The van der Waals surface area contributed by atoms with Gasteiger partial charge in [0.1, 0.15) is 0 Å². The van der Waals surface area contributed by atoms with E-state index in [1.165, 1.54) is 25.7 Å². The third-order valence-corrected chi connectivity index (χ3v) is 2.77. The molecule has 0 aromatic heterocycles. The molecule has 3 rings (SSSR count). The number of fused-ring (bicyclic) bond motifs is 2. The van der Waals surface area contributed by atoms with E-state index in [4.69, 9.17) is 5.11 Å². The Morgan fingerprint density at radius 3 is 1.90 bits per heavy atom. The van der Waals surface area contributed by atoms with Crippen molar-refractivity contribution in [3.05, 3.63) is 0 Å². The standard InChI is InChI=1S/C7H13N.CH4O/c1-8-6-3-2-4-7(8)5-6;1-2/h6-7H,2-5H2,1H3;2H,1H3. The van der Waals surface area contributed by atoms with Crippen LogP contribution in [-0.4, -0.2) is 36.2 Å². The SMILES string of the molecule is CN1C2CCCC1C2.CO. The fourth-order valence-corrected chi connectivity index (χ4v) is 2.04. The number of hydrogen-bond acceptors (Lipinski definition) is 2.